The van der Waals surface area contributed by atoms with Gasteiger partial charge in [-0.25, -0.2) is 24.3 Å². The van der Waals surface area contributed by atoms with Gasteiger partial charge >= 0.3 is 17.1 Å². The zero-order valence-corrected chi connectivity index (χ0v) is 9.39. The predicted molar refractivity (Wildman–Crippen MR) is 56.8 cm³/mol. The summed E-state index contributed by atoms with van der Waals surface area (Å²) in [5.74, 6) is 0. The Morgan fingerprint density at radius 3 is 1.14 bits per heavy atom. The molecule has 78 valence electrons. The van der Waals surface area contributed by atoms with Crippen molar-refractivity contribution in [2.45, 2.75) is 6.92 Å². The van der Waals surface area contributed by atoms with Gasteiger partial charge in [-0.05, 0) is 6.92 Å². The van der Waals surface area contributed by atoms with Crippen LogP contribution in [0.3, 0.4) is 0 Å². The number of hydrogen-bond acceptors (Lipinski definition) is 1. The molecule has 0 amide bonds. The van der Waals surface area contributed by atoms with Gasteiger partial charge in [0.15, 0.2) is 0 Å². The van der Waals surface area contributed by atoms with Gasteiger partial charge in [0.2, 0.25) is 0 Å². The summed E-state index contributed by atoms with van der Waals surface area (Å²) in [6.07, 6.45) is 0. The third-order valence-corrected chi connectivity index (χ3v) is 1.11. The number of rotatable bonds is 0. The molecule has 0 aliphatic heterocycles. The first-order valence-electron chi connectivity index (χ1n) is 4.36. The van der Waals surface area contributed by atoms with E-state index >= 15 is 0 Å². The second-order valence-corrected chi connectivity index (χ2v) is 2.24. The van der Waals surface area contributed by atoms with Crippen LogP contribution >= 0.6 is 0 Å². The Bertz CT molecular complexity index is 162. The molecule has 0 saturated carbocycles. The maximum absolute atomic E-state index is 7.57. The Morgan fingerprint density at radius 1 is 0.857 bits per heavy atom. The fourth-order valence-corrected chi connectivity index (χ4v) is 0.642. The largest absolute Gasteiger partial charge is 2.00 e. The molecule has 0 fully saturated rings. The molecule has 0 bridgehead atoms. The molecular formula is C12H16FeO. The van der Waals surface area contributed by atoms with Gasteiger partial charge in [-0.15, -0.1) is 0 Å². The van der Waals surface area contributed by atoms with Crippen LogP contribution in [-0.2, 0) is 17.1 Å². The van der Waals surface area contributed by atoms with Crippen LogP contribution in [0.25, 0.3) is 0 Å². The number of aliphatic hydroxyl groups excluding tert-OH is 1. The van der Waals surface area contributed by atoms with Crippen LogP contribution in [0.15, 0.2) is 60.7 Å². The molecule has 0 aliphatic rings. The summed E-state index contributed by atoms with van der Waals surface area (Å²) < 4.78 is 0. The Labute approximate surface area is 96.6 Å². The molecule has 0 saturated heterocycles. The van der Waals surface area contributed by atoms with Crippen LogP contribution in [0.5, 0.6) is 0 Å². The third kappa shape index (κ3) is 13.7. The first kappa shape index (κ1) is 15.6. The second-order valence-electron chi connectivity index (χ2n) is 2.24. The molecule has 0 radical (unpaired) electrons. The minimum Gasteiger partial charge on any atom is -0.397 e. The molecule has 0 atom stereocenters. The molecule has 0 aliphatic carbocycles. The summed E-state index contributed by atoms with van der Waals surface area (Å²) in [6.45, 7) is 1.93. The van der Waals surface area contributed by atoms with Crippen molar-refractivity contribution in [2.75, 3.05) is 6.61 Å². The Hall–Kier alpha value is -0.821. The first-order valence-corrected chi connectivity index (χ1v) is 4.36. The van der Waals surface area contributed by atoms with Crippen molar-refractivity contribution in [3.05, 3.63) is 60.7 Å². The molecule has 2 aromatic rings. The van der Waals surface area contributed by atoms with Gasteiger partial charge in [-0.2, -0.15) is 36.4 Å². The van der Waals surface area contributed by atoms with Crippen molar-refractivity contribution < 1.29 is 22.2 Å². The zero-order valence-electron chi connectivity index (χ0n) is 8.28. The van der Waals surface area contributed by atoms with Crippen LogP contribution in [0.2, 0.25) is 0 Å². The van der Waals surface area contributed by atoms with Gasteiger partial charge in [-0.1, -0.05) is 0 Å². The van der Waals surface area contributed by atoms with E-state index in [1.54, 1.807) is 6.92 Å². The molecule has 0 heterocycles. The quantitative estimate of drug-likeness (QED) is 0.547. The summed E-state index contributed by atoms with van der Waals surface area (Å²) in [5.41, 5.74) is 0. The summed E-state index contributed by atoms with van der Waals surface area (Å²) in [7, 11) is 0. The van der Waals surface area contributed by atoms with Gasteiger partial charge in [-0.3, -0.25) is 0 Å². The number of aliphatic hydroxyl groups is 1. The van der Waals surface area contributed by atoms with Crippen molar-refractivity contribution in [1.82, 2.24) is 0 Å². The molecule has 0 spiro atoms. The van der Waals surface area contributed by atoms with E-state index < -0.39 is 0 Å². The maximum Gasteiger partial charge on any atom is 2.00 e. The average Bonchev–Trinajstić information content (AvgIpc) is 2.85. The molecule has 2 heteroatoms. The van der Waals surface area contributed by atoms with Crippen LogP contribution < -0.4 is 0 Å². The van der Waals surface area contributed by atoms with Crippen molar-refractivity contribution in [2.24, 2.45) is 0 Å². The van der Waals surface area contributed by atoms with Crippen LogP contribution in [0.1, 0.15) is 6.92 Å². The molecule has 14 heavy (non-hydrogen) atoms. The van der Waals surface area contributed by atoms with Crippen LogP contribution in [0, 0.1) is 0 Å². The van der Waals surface area contributed by atoms with E-state index in [4.69, 9.17) is 5.11 Å². The van der Waals surface area contributed by atoms with E-state index in [0.717, 1.165) is 0 Å². The Kier molecular flexibility index (Phi) is 16.4. The summed E-state index contributed by atoms with van der Waals surface area (Å²) >= 11 is 0. The Balaban J connectivity index is 0. The van der Waals surface area contributed by atoms with Crippen LogP contribution in [0.4, 0.5) is 0 Å². The van der Waals surface area contributed by atoms with E-state index in [2.05, 4.69) is 0 Å². The van der Waals surface area contributed by atoms with Gasteiger partial charge in [0.05, 0.1) is 0 Å². The molecular weight excluding hydrogens is 216 g/mol. The fourth-order valence-electron chi connectivity index (χ4n) is 0.642. The molecule has 0 aromatic heterocycles. The van der Waals surface area contributed by atoms with Gasteiger partial charge in [0.1, 0.15) is 0 Å². The number of hydrogen-bond donors (Lipinski definition) is 1. The maximum atomic E-state index is 7.57. The van der Waals surface area contributed by atoms with E-state index in [-0.39, 0.29) is 23.7 Å². The predicted octanol–water partition coefficient (Wildman–Crippen LogP) is 2.81. The summed E-state index contributed by atoms with van der Waals surface area (Å²) in [6, 6.07) is 20.0. The molecule has 2 aromatic carbocycles. The molecule has 1 N–H and O–H groups in total. The monoisotopic (exact) mass is 232 g/mol. The minimum absolute atomic E-state index is 0. The fraction of sp³-hybridized carbons (Fsp3) is 0.167. The van der Waals surface area contributed by atoms with Crippen molar-refractivity contribution in [3.63, 3.8) is 0 Å². The first-order chi connectivity index (χ1) is 6.41. The summed E-state index contributed by atoms with van der Waals surface area (Å²) in [4.78, 5) is 0. The van der Waals surface area contributed by atoms with Crippen LogP contribution in [-0.4, -0.2) is 11.7 Å². The van der Waals surface area contributed by atoms with Crippen molar-refractivity contribution in [3.8, 4) is 0 Å². The second kappa shape index (κ2) is 14.7. The van der Waals surface area contributed by atoms with Crippen molar-refractivity contribution >= 4 is 0 Å². The van der Waals surface area contributed by atoms with Crippen molar-refractivity contribution in [1.29, 1.82) is 0 Å². The standard InChI is InChI=1S/2C5H5.C2H6O.Fe/c2*1-2-4-5-3-1;1-2-3;/h2*1-5H;3H,2H2,1H3;/q2*-1;;+2. The van der Waals surface area contributed by atoms with Gasteiger partial charge < -0.3 is 5.11 Å². The van der Waals surface area contributed by atoms with E-state index in [9.17, 15) is 0 Å². The molecule has 1 nitrogen and oxygen atoms in total. The van der Waals surface area contributed by atoms with Gasteiger partial charge in [0.25, 0.3) is 0 Å². The smallest absolute Gasteiger partial charge is 0.397 e. The molecule has 2 rings (SSSR count). The normalized spacial score (nSPS) is 7.00. The Morgan fingerprint density at radius 2 is 1.07 bits per heavy atom. The van der Waals surface area contributed by atoms with E-state index in [1.807, 2.05) is 60.7 Å². The van der Waals surface area contributed by atoms with Gasteiger partial charge in [0, 0.05) is 6.61 Å². The molecule has 0 unspecified atom stereocenters. The average molecular weight is 232 g/mol. The van der Waals surface area contributed by atoms with E-state index in [1.165, 1.54) is 0 Å². The SMILES string of the molecule is CCO.[Fe+2].c1cc[cH-]c1.c1cc[cH-]c1. The minimum atomic E-state index is 0. The topological polar surface area (TPSA) is 20.2 Å². The summed E-state index contributed by atoms with van der Waals surface area (Å²) in [5, 5.41) is 7.57. The zero-order chi connectivity index (χ0) is 9.78. The third-order valence-electron chi connectivity index (χ3n) is 1.11. The van der Waals surface area contributed by atoms with E-state index in [0.29, 0.717) is 0 Å².